The molecule has 0 unspecified atom stereocenters. The van der Waals surface area contributed by atoms with Crippen molar-refractivity contribution in [3.05, 3.63) is 47.7 Å². The van der Waals surface area contributed by atoms with Crippen LogP contribution in [-0.2, 0) is 11.3 Å². The molecule has 0 aliphatic heterocycles. The zero-order chi connectivity index (χ0) is 24.6. The van der Waals surface area contributed by atoms with E-state index < -0.39 is 0 Å². The molecule has 0 spiro atoms. The van der Waals surface area contributed by atoms with Crippen molar-refractivity contribution in [3.63, 3.8) is 0 Å². The zero-order valence-corrected chi connectivity index (χ0v) is 20.7. The Morgan fingerprint density at radius 2 is 2.00 bits per heavy atom. The topological polar surface area (TPSA) is 73.1 Å². The Morgan fingerprint density at radius 1 is 1.23 bits per heavy atom. The van der Waals surface area contributed by atoms with Gasteiger partial charge in [0, 0.05) is 48.9 Å². The van der Waals surface area contributed by atoms with Gasteiger partial charge < -0.3 is 9.64 Å². The van der Waals surface area contributed by atoms with Crippen LogP contribution in [0.3, 0.4) is 0 Å². The average Bonchev–Trinajstić information content (AvgIpc) is 3.56. The normalized spacial score (nSPS) is 13.5. The van der Waals surface area contributed by atoms with Gasteiger partial charge in [-0.15, -0.1) is 12.3 Å². The third-order valence-corrected chi connectivity index (χ3v) is 6.67. The first-order valence-electron chi connectivity index (χ1n) is 12.0. The van der Waals surface area contributed by atoms with Crippen molar-refractivity contribution >= 4 is 17.5 Å². The van der Waals surface area contributed by atoms with E-state index in [1.54, 1.807) is 19.5 Å². The predicted molar refractivity (Wildman–Crippen MR) is 137 cm³/mol. The van der Waals surface area contributed by atoms with Gasteiger partial charge in [-0.25, -0.2) is 9.67 Å². The Labute approximate surface area is 211 Å². The molecule has 3 aromatic rings. The van der Waals surface area contributed by atoms with Gasteiger partial charge in [-0.3, -0.25) is 9.78 Å². The molecule has 1 aromatic carbocycles. The number of terminal acetylenes is 1. The van der Waals surface area contributed by atoms with Crippen LogP contribution < -0.4 is 4.74 Å². The van der Waals surface area contributed by atoms with Crippen molar-refractivity contribution in [1.82, 2.24) is 24.6 Å². The molecule has 4 rings (SSSR count). The molecule has 35 heavy (non-hydrogen) atoms. The molecular formula is C27H30ClN5O2. The Kier molecular flexibility index (Phi) is 8.38. The number of nitrogens with zero attached hydrogens (tertiary/aromatic N) is 5. The maximum Gasteiger partial charge on any atom is 0.222 e. The second kappa shape index (κ2) is 11.9. The average molecular weight is 492 g/mol. The maximum atomic E-state index is 13.1. The van der Waals surface area contributed by atoms with Crippen LogP contribution in [0.5, 0.6) is 5.75 Å². The number of hydrogen-bond acceptors (Lipinski definition) is 5. The van der Waals surface area contributed by atoms with Crippen LogP contribution in [0, 0.1) is 12.3 Å². The van der Waals surface area contributed by atoms with Crippen LogP contribution in [-0.4, -0.2) is 50.3 Å². The van der Waals surface area contributed by atoms with Crippen molar-refractivity contribution in [3.8, 4) is 40.9 Å². The fourth-order valence-electron chi connectivity index (χ4n) is 4.55. The van der Waals surface area contributed by atoms with Crippen LogP contribution in [0.1, 0.15) is 44.9 Å². The van der Waals surface area contributed by atoms with Crippen LogP contribution in [0.2, 0.25) is 5.02 Å². The number of pyridine rings is 1. The van der Waals surface area contributed by atoms with Gasteiger partial charge in [0.25, 0.3) is 0 Å². The summed E-state index contributed by atoms with van der Waals surface area (Å²) >= 11 is 6.41. The molecule has 2 heterocycles. The Hall–Kier alpha value is -3.37. The highest BCUT2D eigenvalue weighted by molar-refractivity contribution is 6.32. The van der Waals surface area contributed by atoms with Gasteiger partial charge in [-0.1, -0.05) is 24.4 Å². The molecule has 0 saturated heterocycles. The first-order chi connectivity index (χ1) is 17.1. The fraction of sp³-hybridized carbons (Fsp3) is 0.407. The van der Waals surface area contributed by atoms with Gasteiger partial charge in [0.15, 0.2) is 11.6 Å². The monoisotopic (exact) mass is 491 g/mol. The fourth-order valence-corrected chi connectivity index (χ4v) is 4.81. The van der Waals surface area contributed by atoms with E-state index >= 15 is 0 Å². The molecule has 0 atom stereocenters. The van der Waals surface area contributed by atoms with Crippen LogP contribution in [0.15, 0.2) is 42.7 Å². The third-order valence-electron chi connectivity index (χ3n) is 6.37. The molecule has 182 valence electrons. The molecule has 7 nitrogen and oxygen atoms in total. The molecule has 0 N–H and O–H groups in total. The number of unbranched alkanes of at least 4 members (excludes halogenated alkanes) is 1. The number of rotatable bonds is 10. The third kappa shape index (κ3) is 6.01. The summed E-state index contributed by atoms with van der Waals surface area (Å²) in [4.78, 5) is 24.0. The van der Waals surface area contributed by atoms with E-state index in [1.165, 1.54) is 0 Å². The van der Waals surface area contributed by atoms with Gasteiger partial charge in [-0.05, 0) is 49.6 Å². The van der Waals surface area contributed by atoms with E-state index in [0.717, 1.165) is 36.8 Å². The second-order valence-electron chi connectivity index (χ2n) is 8.65. The number of halogens is 1. The zero-order valence-electron chi connectivity index (χ0n) is 20.0. The van der Waals surface area contributed by atoms with E-state index in [2.05, 4.69) is 10.9 Å². The standard InChI is InChI=1S/C27H30ClN5O2/c1-3-4-5-10-25(34)32(22-8-6-7-9-22)17-18-33-27(21-11-12-24(35-2)23(28)19-21)30-26(31-33)20-13-15-29-16-14-20/h1,11-16,19,22H,4-10,17-18H2,2H3. The summed E-state index contributed by atoms with van der Waals surface area (Å²) in [6.07, 6.45) is 15.0. The maximum absolute atomic E-state index is 13.1. The largest absolute Gasteiger partial charge is 0.495 e. The van der Waals surface area contributed by atoms with Gasteiger partial charge >= 0.3 is 0 Å². The first kappa shape index (κ1) is 24.7. The number of aromatic nitrogens is 4. The number of benzene rings is 1. The summed E-state index contributed by atoms with van der Waals surface area (Å²) in [7, 11) is 1.59. The molecule has 8 heteroatoms. The highest BCUT2D eigenvalue weighted by atomic mass is 35.5. The summed E-state index contributed by atoms with van der Waals surface area (Å²) in [6, 6.07) is 9.60. The molecule has 0 bridgehead atoms. The Bertz CT molecular complexity index is 1180. The lowest BCUT2D eigenvalue weighted by Gasteiger charge is -2.29. The van der Waals surface area contributed by atoms with Crippen molar-refractivity contribution in [2.24, 2.45) is 0 Å². The first-order valence-corrected chi connectivity index (χ1v) is 12.4. The Balaban J connectivity index is 1.62. The number of amides is 1. The van der Waals surface area contributed by atoms with Crippen LogP contribution in [0.25, 0.3) is 22.8 Å². The molecule has 1 saturated carbocycles. The molecule has 1 aliphatic rings. The van der Waals surface area contributed by atoms with Crippen molar-refractivity contribution in [2.45, 2.75) is 57.5 Å². The molecule has 0 radical (unpaired) electrons. The van der Waals surface area contributed by atoms with E-state index in [-0.39, 0.29) is 11.9 Å². The molecule has 2 aromatic heterocycles. The van der Waals surface area contributed by atoms with Gasteiger partial charge in [0.2, 0.25) is 5.91 Å². The van der Waals surface area contributed by atoms with E-state index in [0.29, 0.717) is 54.8 Å². The second-order valence-corrected chi connectivity index (χ2v) is 9.06. The number of methoxy groups -OCH3 is 1. The minimum atomic E-state index is 0.163. The molecule has 1 amide bonds. The van der Waals surface area contributed by atoms with E-state index in [9.17, 15) is 4.79 Å². The van der Waals surface area contributed by atoms with Crippen molar-refractivity contribution in [2.75, 3.05) is 13.7 Å². The summed E-state index contributed by atoms with van der Waals surface area (Å²) in [5.41, 5.74) is 1.70. The van der Waals surface area contributed by atoms with Crippen LogP contribution in [0.4, 0.5) is 0 Å². The lowest BCUT2D eigenvalue weighted by Crippen LogP contribution is -2.41. The highest BCUT2D eigenvalue weighted by Crippen LogP contribution is 2.31. The van der Waals surface area contributed by atoms with E-state index in [1.807, 2.05) is 39.9 Å². The number of hydrogen-bond donors (Lipinski definition) is 0. The summed E-state index contributed by atoms with van der Waals surface area (Å²) in [6.45, 7) is 1.09. The van der Waals surface area contributed by atoms with E-state index in [4.69, 9.17) is 32.8 Å². The van der Waals surface area contributed by atoms with Gasteiger partial charge in [0.05, 0.1) is 18.7 Å². The summed E-state index contributed by atoms with van der Waals surface area (Å²) in [5.74, 6) is 4.68. The van der Waals surface area contributed by atoms with Gasteiger partial charge in [0.1, 0.15) is 5.75 Å². The quantitative estimate of drug-likeness (QED) is 0.286. The number of carbonyl (C=O) groups is 1. The molecule has 1 aliphatic carbocycles. The highest BCUT2D eigenvalue weighted by Gasteiger charge is 2.27. The SMILES string of the molecule is C#CCCCC(=O)N(CCn1nc(-c2ccncc2)nc1-c1ccc(OC)c(Cl)c1)C1CCCC1. The minimum Gasteiger partial charge on any atom is -0.495 e. The van der Waals surface area contributed by atoms with Crippen LogP contribution >= 0.6 is 11.6 Å². The Morgan fingerprint density at radius 3 is 2.69 bits per heavy atom. The van der Waals surface area contributed by atoms with Crippen molar-refractivity contribution in [1.29, 1.82) is 0 Å². The lowest BCUT2D eigenvalue weighted by molar-refractivity contribution is -0.133. The molecule has 1 fully saturated rings. The number of carbonyl (C=O) groups excluding carboxylic acids is 1. The smallest absolute Gasteiger partial charge is 0.222 e. The predicted octanol–water partition coefficient (Wildman–Crippen LogP) is 5.24. The molecular weight excluding hydrogens is 462 g/mol. The number of ether oxygens (including phenoxy) is 1. The van der Waals surface area contributed by atoms with Crippen molar-refractivity contribution < 1.29 is 9.53 Å². The minimum absolute atomic E-state index is 0.163. The lowest BCUT2D eigenvalue weighted by atomic mass is 10.1. The van der Waals surface area contributed by atoms with Gasteiger partial charge in [-0.2, -0.15) is 5.10 Å². The summed E-state index contributed by atoms with van der Waals surface area (Å²) in [5, 5.41) is 5.30. The summed E-state index contributed by atoms with van der Waals surface area (Å²) < 4.78 is 7.17.